The SMILES string of the molecule is C1CC1.O=C(O)CCc1cccc(OC2CCCN(Cc3cc(C(F)(F)F)ccc3C(F)(F)F)C2)c1. The van der Waals surface area contributed by atoms with Crippen LogP contribution in [0.3, 0.4) is 0 Å². The summed E-state index contributed by atoms with van der Waals surface area (Å²) < 4.78 is 85.3. The number of nitrogens with zero attached hydrogens (tertiary/aromatic N) is 1. The minimum absolute atomic E-state index is 0.0286. The van der Waals surface area contributed by atoms with Crippen LogP contribution in [0, 0.1) is 0 Å². The second-order valence-corrected chi connectivity index (χ2v) is 9.09. The van der Waals surface area contributed by atoms with Crippen LogP contribution in [-0.4, -0.2) is 35.2 Å². The van der Waals surface area contributed by atoms with Crippen LogP contribution in [-0.2, 0) is 30.1 Å². The molecule has 1 saturated heterocycles. The zero-order valence-corrected chi connectivity index (χ0v) is 19.7. The van der Waals surface area contributed by atoms with E-state index in [9.17, 15) is 31.1 Å². The third kappa shape index (κ3) is 9.04. The van der Waals surface area contributed by atoms with E-state index in [1.165, 1.54) is 19.3 Å². The van der Waals surface area contributed by atoms with Crippen molar-refractivity contribution in [2.45, 2.75) is 69.9 Å². The zero-order valence-electron chi connectivity index (χ0n) is 19.7. The van der Waals surface area contributed by atoms with Crippen molar-refractivity contribution in [2.24, 2.45) is 0 Å². The fourth-order valence-electron chi connectivity index (χ4n) is 3.89. The molecular weight excluding hydrogens is 488 g/mol. The van der Waals surface area contributed by atoms with E-state index in [4.69, 9.17) is 9.84 Å². The number of carboxylic acids is 1. The molecule has 198 valence electrons. The Morgan fingerprint density at radius 1 is 0.972 bits per heavy atom. The van der Waals surface area contributed by atoms with Gasteiger partial charge < -0.3 is 9.84 Å². The van der Waals surface area contributed by atoms with Crippen molar-refractivity contribution >= 4 is 5.97 Å². The average Bonchev–Trinajstić information content (AvgIpc) is 3.66. The molecule has 1 heterocycles. The fourth-order valence-corrected chi connectivity index (χ4v) is 3.89. The van der Waals surface area contributed by atoms with Gasteiger partial charge in [-0.15, -0.1) is 0 Å². The van der Waals surface area contributed by atoms with Crippen molar-refractivity contribution in [3.63, 3.8) is 0 Å². The van der Waals surface area contributed by atoms with Gasteiger partial charge in [-0.1, -0.05) is 31.4 Å². The number of likely N-dealkylation sites (tertiary alicyclic amines) is 1. The zero-order chi connectivity index (χ0) is 26.3. The first-order valence-electron chi connectivity index (χ1n) is 11.9. The number of aliphatic carboxylic acids is 1. The topological polar surface area (TPSA) is 49.8 Å². The minimum atomic E-state index is -4.76. The third-order valence-corrected chi connectivity index (χ3v) is 5.78. The molecule has 4 rings (SSSR count). The molecular formula is C26H29F6NO3. The monoisotopic (exact) mass is 517 g/mol. The molecule has 1 aliphatic carbocycles. The predicted molar refractivity (Wildman–Crippen MR) is 122 cm³/mol. The summed E-state index contributed by atoms with van der Waals surface area (Å²) in [6, 6.07) is 8.43. The molecule has 10 heteroatoms. The maximum absolute atomic E-state index is 13.4. The van der Waals surface area contributed by atoms with E-state index in [1.807, 2.05) is 0 Å². The number of alkyl halides is 6. The number of carboxylic acid groups (broad SMARTS) is 1. The Morgan fingerprint density at radius 3 is 2.31 bits per heavy atom. The highest BCUT2D eigenvalue weighted by Crippen LogP contribution is 2.37. The average molecular weight is 518 g/mol. The molecule has 1 N–H and O–H groups in total. The Balaban J connectivity index is 0.00000112. The van der Waals surface area contributed by atoms with Gasteiger partial charge in [0.2, 0.25) is 0 Å². The van der Waals surface area contributed by atoms with Crippen LogP contribution < -0.4 is 4.74 Å². The quantitative estimate of drug-likeness (QED) is 0.404. The number of piperidine rings is 1. The van der Waals surface area contributed by atoms with E-state index in [1.54, 1.807) is 29.2 Å². The first kappa shape index (κ1) is 27.8. The van der Waals surface area contributed by atoms with Crippen LogP contribution in [0.2, 0.25) is 0 Å². The number of hydrogen-bond donors (Lipinski definition) is 1. The minimum Gasteiger partial charge on any atom is -0.489 e. The highest BCUT2D eigenvalue weighted by atomic mass is 19.4. The van der Waals surface area contributed by atoms with Gasteiger partial charge in [0.25, 0.3) is 0 Å². The second kappa shape index (κ2) is 12.0. The van der Waals surface area contributed by atoms with Gasteiger partial charge in [0.15, 0.2) is 0 Å². The van der Waals surface area contributed by atoms with Gasteiger partial charge in [0, 0.05) is 19.5 Å². The molecule has 0 aromatic heterocycles. The number of halogens is 6. The standard InChI is InChI=1S/C23H23F6NO3.C3H6/c24-22(25,26)17-7-8-20(23(27,28)29)16(12-17)13-30-10-2-5-19(14-30)33-18-4-1-3-15(11-18)6-9-21(31)32;1-2-3-1/h1,3-4,7-8,11-12,19H,2,5-6,9-10,13-14H2,(H,31,32);1-3H2. The molecule has 0 radical (unpaired) electrons. The van der Waals surface area contributed by atoms with Crippen LogP contribution in [0.5, 0.6) is 5.75 Å². The summed E-state index contributed by atoms with van der Waals surface area (Å²) in [5.41, 5.74) is -1.84. The summed E-state index contributed by atoms with van der Waals surface area (Å²) in [6.07, 6.45) is -3.79. The fraction of sp³-hybridized carbons (Fsp3) is 0.500. The van der Waals surface area contributed by atoms with E-state index < -0.39 is 35.0 Å². The molecule has 2 aromatic carbocycles. The lowest BCUT2D eigenvalue weighted by Crippen LogP contribution is -2.41. The number of rotatable bonds is 7. The Kier molecular flexibility index (Phi) is 9.27. The van der Waals surface area contributed by atoms with Crippen LogP contribution in [0.15, 0.2) is 42.5 Å². The number of benzene rings is 2. The van der Waals surface area contributed by atoms with Crippen LogP contribution in [0.1, 0.15) is 60.8 Å². The summed E-state index contributed by atoms with van der Waals surface area (Å²) in [4.78, 5) is 12.4. The van der Waals surface area contributed by atoms with Gasteiger partial charge in [0.05, 0.1) is 11.1 Å². The lowest BCUT2D eigenvalue weighted by atomic mass is 10.0. The highest BCUT2D eigenvalue weighted by Gasteiger charge is 2.37. The summed E-state index contributed by atoms with van der Waals surface area (Å²) in [7, 11) is 0. The molecule has 2 aliphatic rings. The van der Waals surface area contributed by atoms with E-state index in [2.05, 4.69) is 0 Å². The van der Waals surface area contributed by atoms with Crippen molar-refractivity contribution in [3.8, 4) is 5.75 Å². The second-order valence-electron chi connectivity index (χ2n) is 9.09. The Hall–Kier alpha value is -2.75. The van der Waals surface area contributed by atoms with Crippen molar-refractivity contribution in [1.82, 2.24) is 4.90 Å². The Labute approximate surface area is 205 Å². The smallest absolute Gasteiger partial charge is 0.416 e. The lowest BCUT2D eigenvalue weighted by Gasteiger charge is -2.33. The molecule has 0 amide bonds. The van der Waals surface area contributed by atoms with Crippen molar-refractivity contribution in [3.05, 3.63) is 64.7 Å². The van der Waals surface area contributed by atoms with E-state index in [0.717, 1.165) is 5.56 Å². The van der Waals surface area contributed by atoms with Crippen LogP contribution in [0.25, 0.3) is 0 Å². The predicted octanol–water partition coefficient (Wildman–Crippen LogP) is 6.96. The molecule has 1 unspecified atom stereocenters. The number of ether oxygens (including phenoxy) is 1. The van der Waals surface area contributed by atoms with Crippen LogP contribution >= 0.6 is 0 Å². The molecule has 2 fully saturated rings. The van der Waals surface area contributed by atoms with E-state index >= 15 is 0 Å². The van der Waals surface area contributed by atoms with E-state index in [0.29, 0.717) is 49.8 Å². The third-order valence-electron chi connectivity index (χ3n) is 5.78. The summed E-state index contributed by atoms with van der Waals surface area (Å²) in [6.45, 7) is 0.413. The van der Waals surface area contributed by atoms with Gasteiger partial charge in [-0.05, 0) is 67.3 Å². The number of carbonyl (C=O) groups is 1. The summed E-state index contributed by atoms with van der Waals surface area (Å²) in [5, 5.41) is 8.82. The van der Waals surface area contributed by atoms with Gasteiger partial charge in [-0.25, -0.2) is 0 Å². The summed E-state index contributed by atoms with van der Waals surface area (Å²) >= 11 is 0. The first-order valence-corrected chi connectivity index (χ1v) is 11.9. The molecule has 1 atom stereocenters. The number of hydrogen-bond acceptors (Lipinski definition) is 3. The normalized spacial score (nSPS) is 18.2. The molecule has 0 bridgehead atoms. The van der Waals surface area contributed by atoms with Gasteiger partial charge in [-0.3, -0.25) is 9.69 Å². The lowest BCUT2D eigenvalue weighted by molar-refractivity contribution is -0.142. The largest absolute Gasteiger partial charge is 0.489 e. The number of aryl methyl sites for hydroxylation is 1. The Morgan fingerprint density at radius 2 is 1.69 bits per heavy atom. The van der Waals surface area contributed by atoms with Gasteiger partial charge in [-0.2, -0.15) is 26.3 Å². The maximum Gasteiger partial charge on any atom is 0.416 e. The molecule has 36 heavy (non-hydrogen) atoms. The van der Waals surface area contributed by atoms with Crippen molar-refractivity contribution in [1.29, 1.82) is 0 Å². The molecule has 1 saturated carbocycles. The van der Waals surface area contributed by atoms with Crippen LogP contribution in [0.4, 0.5) is 26.3 Å². The highest BCUT2D eigenvalue weighted by molar-refractivity contribution is 5.67. The summed E-state index contributed by atoms with van der Waals surface area (Å²) in [5.74, 6) is -0.406. The maximum atomic E-state index is 13.4. The Bertz CT molecular complexity index is 1020. The van der Waals surface area contributed by atoms with Crippen molar-refractivity contribution in [2.75, 3.05) is 13.1 Å². The van der Waals surface area contributed by atoms with E-state index in [-0.39, 0.29) is 25.6 Å². The molecule has 1 aliphatic heterocycles. The van der Waals surface area contributed by atoms with Gasteiger partial charge >= 0.3 is 18.3 Å². The molecule has 0 spiro atoms. The van der Waals surface area contributed by atoms with Crippen molar-refractivity contribution < 1.29 is 41.0 Å². The molecule has 4 nitrogen and oxygen atoms in total. The molecule has 2 aromatic rings. The first-order chi connectivity index (χ1) is 16.9. The van der Waals surface area contributed by atoms with Gasteiger partial charge in [0.1, 0.15) is 11.9 Å².